The third-order valence-corrected chi connectivity index (χ3v) is 4.44. The Hall–Kier alpha value is -2.75. The number of ether oxygens (including phenoxy) is 2. The first kappa shape index (κ1) is 19.0. The van der Waals surface area contributed by atoms with E-state index in [2.05, 4.69) is 12.1 Å². The molecule has 4 heteroatoms. The number of carbonyl (C=O) groups is 1. The SMILES string of the molecule is COc1cc(/C=C/C(=O)N(Cc2ccccc2)C2CC2)ccc1OC(C)C. The molecule has 4 nitrogen and oxygen atoms in total. The maximum atomic E-state index is 12.8. The van der Waals surface area contributed by atoms with Crippen molar-refractivity contribution >= 4 is 12.0 Å². The number of rotatable bonds is 8. The Kier molecular flexibility index (Phi) is 6.17. The molecule has 0 radical (unpaired) electrons. The first-order valence-corrected chi connectivity index (χ1v) is 9.44. The first-order valence-electron chi connectivity index (χ1n) is 9.44. The maximum Gasteiger partial charge on any atom is 0.247 e. The summed E-state index contributed by atoms with van der Waals surface area (Å²) in [6.07, 6.45) is 5.73. The fraction of sp³-hybridized carbons (Fsp3) is 0.348. The minimum Gasteiger partial charge on any atom is -0.493 e. The van der Waals surface area contributed by atoms with Gasteiger partial charge in [-0.2, -0.15) is 0 Å². The molecule has 1 amide bonds. The lowest BCUT2D eigenvalue weighted by Gasteiger charge is -2.21. The first-order chi connectivity index (χ1) is 13.1. The Balaban J connectivity index is 1.71. The van der Waals surface area contributed by atoms with Gasteiger partial charge in [0.25, 0.3) is 0 Å². The Morgan fingerprint density at radius 1 is 1.15 bits per heavy atom. The van der Waals surface area contributed by atoms with Crippen LogP contribution < -0.4 is 9.47 Å². The monoisotopic (exact) mass is 365 g/mol. The zero-order chi connectivity index (χ0) is 19.2. The van der Waals surface area contributed by atoms with Crippen molar-refractivity contribution in [1.82, 2.24) is 4.90 Å². The van der Waals surface area contributed by atoms with Crippen molar-refractivity contribution in [2.45, 2.75) is 45.4 Å². The third kappa shape index (κ3) is 5.36. The molecule has 142 valence electrons. The molecule has 1 aliphatic carbocycles. The molecule has 3 rings (SSSR count). The van der Waals surface area contributed by atoms with Gasteiger partial charge in [0.1, 0.15) is 0 Å². The normalized spacial score (nSPS) is 13.8. The summed E-state index contributed by atoms with van der Waals surface area (Å²) in [5, 5.41) is 0. The van der Waals surface area contributed by atoms with Crippen molar-refractivity contribution in [1.29, 1.82) is 0 Å². The van der Waals surface area contributed by atoms with Crippen molar-refractivity contribution in [3.8, 4) is 11.5 Å². The maximum absolute atomic E-state index is 12.8. The molecular formula is C23H27NO3. The molecule has 2 aromatic rings. The average Bonchev–Trinajstić information content (AvgIpc) is 3.50. The van der Waals surface area contributed by atoms with Crippen LogP contribution in [0, 0.1) is 0 Å². The van der Waals surface area contributed by atoms with Gasteiger partial charge in [0.2, 0.25) is 5.91 Å². The van der Waals surface area contributed by atoms with Crippen LogP contribution in [0.15, 0.2) is 54.6 Å². The van der Waals surface area contributed by atoms with Gasteiger partial charge in [-0.05, 0) is 56.0 Å². The molecule has 1 fully saturated rings. The number of carbonyl (C=O) groups excluding carboxylic acids is 1. The molecular weight excluding hydrogens is 338 g/mol. The van der Waals surface area contributed by atoms with Crippen molar-refractivity contribution < 1.29 is 14.3 Å². The molecule has 0 aliphatic heterocycles. The number of benzene rings is 2. The summed E-state index contributed by atoms with van der Waals surface area (Å²) in [5.41, 5.74) is 2.06. The topological polar surface area (TPSA) is 38.8 Å². The van der Waals surface area contributed by atoms with Crippen LogP contribution in [0.3, 0.4) is 0 Å². The van der Waals surface area contributed by atoms with E-state index < -0.39 is 0 Å². The molecule has 0 bridgehead atoms. The molecule has 1 saturated carbocycles. The van der Waals surface area contributed by atoms with E-state index in [1.54, 1.807) is 13.2 Å². The van der Waals surface area contributed by atoms with Crippen LogP contribution in [-0.4, -0.2) is 30.1 Å². The van der Waals surface area contributed by atoms with Gasteiger partial charge in [-0.15, -0.1) is 0 Å². The van der Waals surface area contributed by atoms with Gasteiger partial charge in [0, 0.05) is 18.7 Å². The lowest BCUT2D eigenvalue weighted by molar-refractivity contribution is -0.127. The molecule has 0 unspecified atom stereocenters. The highest BCUT2D eigenvalue weighted by Crippen LogP contribution is 2.30. The molecule has 2 aromatic carbocycles. The molecule has 0 heterocycles. The van der Waals surface area contributed by atoms with Crippen LogP contribution in [0.25, 0.3) is 6.08 Å². The van der Waals surface area contributed by atoms with Crippen LogP contribution in [0.2, 0.25) is 0 Å². The lowest BCUT2D eigenvalue weighted by Crippen LogP contribution is -2.31. The number of nitrogens with zero attached hydrogens (tertiary/aromatic N) is 1. The number of hydrogen-bond acceptors (Lipinski definition) is 3. The van der Waals surface area contributed by atoms with Crippen molar-refractivity contribution in [2.75, 3.05) is 7.11 Å². The Morgan fingerprint density at radius 2 is 1.89 bits per heavy atom. The summed E-state index contributed by atoms with van der Waals surface area (Å²) in [5.74, 6) is 1.42. The standard InChI is InChI=1S/C23H27NO3/c1-17(2)27-21-13-9-18(15-22(21)26-3)10-14-23(25)24(20-11-12-20)16-19-7-5-4-6-8-19/h4-10,13-15,17,20H,11-12,16H2,1-3H3/b14-10+. The van der Waals surface area contributed by atoms with Gasteiger partial charge in [0.05, 0.1) is 13.2 Å². The quantitative estimate of drug-likeness (QED) is 0.637. The summed E-state index contributed by atoms with van der Waals surface area (Å²) >= 11 is 0. The minimum absolute atomic E-state index is 0.0443. The molecule has 0 saturated heterocycles. The van der Waals surface area contributed by atoms with Gasteiger partial charge < -0.3 is 14.4 Å². The Morgan fingerprint density at radius 3 is 2.52 bits per heavy atom. The highest BCUT2D eigenvalue weighted by atomic mass is 16.5. The number of hydrogen-bond donors (Lipinski definition) is 0. The minimum atomic E-state index is 0.0443. The molecule has 0 atom stereocenters. The largest absolute Gasteiger partial charge is 0.493 e. The van der Waals surface area contributed by atoms with Gasteiger partial charge in [-0.1, -0.05) is 36.4 Å². The van der Waals surface area contributed by atoms with Crippen molar-refractivity contribution in [2.24, 2.45) is 0 Å². The highest BCUT2D eigenvalue weighted by molar-refractivity contribution is 5.92. The van der Waals surface area contributed by atoms with E-state index >= 15 is 0 Å². The Labute approximate surface area is 161 Å². The van der Waals surface area contributed by atoms with Gasteiger partial charge in [0.15, 0.2) is 11.5 Å². The predicted octanol–water partition coefficient (Wildman–Crippen LogP) is 4.69. The van der Waals surface area contributed by atoms with E-state index in [1.807, 2.05) is 61.2 Å². The van der Waals surface area contributed by atoms with Crippen LogP contribution >= 0.6 is 0 Å². The summed E-state index contributed by atoms with van der Waals surface area (Å²) in [6, 6.07) is 16.2. The molecule has 27 heavy (non-hydrogen) atoms. The van der Waals surface area contributed by atoms with Crippen LogP contribution in [0.5, 0.6) is 11.5 Å². The number of amides is 1. The van der Waals surface area contributed by atoms with Crippen LogP contribution in [0.1, 0.15) is 37.8 Å². The van der Waals surface area contributed by atoms with Gasteiger partial charge in [-0.25, -0.2) is 0 Å². The third-order valence-electron chi connectivity index (χ3n) is 4.44. The van der Waals surface area contributed by atoms with E-state index in [4.69, 9.17) is 9.47 Å². The zero-order valence-electron chi connectivity index (χ0n) is 16.2. The second kappa shape index (κ2) is 8.76. The second-order valence-electron chi connectivity index (χ2n) is 7.09. The average molecular weight is 365 g/mol. The smallest absolute Gasteiger partial charge is 0.247 e. The highest BCUT2D eigenvalue weighted by Gasteiger charge is 2.31. The molecule has 0 spiro atoms. The van der Waals surface area contributed by atoms with Gasteiger partial charge in [-0.3, -0.25) is 4.79 Å². The fourth-order valence-corrected chi connectivity index (χ4v) is 2.96. The summed E-state index contributed by atoms with van der Waals surface area (Å²) in [4.78, 5) is 14.7. The van der Waals surface area contributed by atoms with E-state index in [1.165, 1.54) is 0 Å². The van der Waals surface area contributed by atoms with Crippen molar-refractivity contribution in [3.63, 3.8) is 0 Å². The second-order valence-corrected chi connectivity index (χ2v) is 7.09. The van der Waals surface area contributed by atoms with Crippen molar-refractivity contribution in [3.05, 3.63) is 65.7 Å². The fourth-order valence-electron chi connectivity index (χ4n) is 2.96. The Bertz CT molecular complexity index is 795. The molecule has 0 aromatic heterocycles. The summed E-state index contributed by atoms with van der Waals surface area (Å²) in [7, 11) is 1.62. The van der Waals surface area contributed by atoms with Gasteiger partial charge >= 0.3 is 0 Å². The zero-order valence-corrected chi connectivity index (χ0v) is 16.2. The van der Waals surface area contributed by atoms with E-state index in [9.17, 15) is 4.79 Å². The van der Waals surface area contributed by atoms with Crippen LogP contribution in [0.4, 0.5) is 0 Å². The lowest BCUT2D eigenvalue weighted by atomic mass is 10.1. The van der Waals surface area contributed by atoms with E-state index in [-0.39, 0.29) is 12.0 Å². The van der Waals surface area contributed by atoms with E-state index in [0.29, 0.717) is 24.1 Å². The van der Waals surface area contributed by atoms with E-state index in [0.717, 1.165) is 24.0 Å². The molecule has 1 aliphatic rings. The van der Waals surface area contributed by atoms with Crippen LogP contribution in [-0.2, 0) is 11.3 Å². The summed E-state index contributed by atoms with van der Waals surface area (Å²) < 4.78 is 11.2. The summed E-state index contributed by atoms with van der Waals surface area (Å²) in [6.45, 7) is 4.61. The molecule has 0 N–H and O–H groups in total. The number of methoxy groups -OCH3 is 1. The predicted molar refractivity (Wildman–Crippen MR) is 108 cm³/mol.